The fraction of sp³-hybridized carbons (Fsp3) is 0.462. The average Bonchev–Trinajstić information content (AvgIpc) is 2.42. The van der Waals surface area contributed by atoms with Crippen molar-refractivity contribution in [3.63, 3.8) is 0 Å². The molecule has 0 spiro atoms. The Labute approximate surface area is 116 Å². The molecular weight excluding hydrogens is 268 g/mol. The second kappa shape index (κ2) is 7.13. The number of benzene rings is 1. The van der Waals surface area contributed by atoms with Crippen LogP contribution in [0.15, 0.2) is 12.1 Å². The Balaban J connectivity index is 3.05. The first-order valence-electron chi connectivity index (χ1n) is 5.54. The molecule has 0 aliphatic carbocycles. The van der Waals surface area contributed by atoms with Gasteiger partial charge in [-0.1, -0.05) is 0 Å². The fourth-order valence-electron chi connectivity index (χ4n) is 1.45. The van der Waals surface area contributed by atoms with Gasteiger partial charge in [0.1, 0.15) is 12.5 Å². The molecule has 0 aliphatic heterocycles. The van der Waals surface area contributed by atoms with Gasteiger partial charge in [-0.05, 0) is 12.1 Å². The third-order valence-corrected chi connectivity index (χ3v) is 2.92. The van der Waals surface area contributed by atoms with Crippen molar-refractivity contribution in [3.05, 3.63) is 17.7 Å². The normalized spacial score (nSPS) is 10.2. The van der Waals surface area contributed by atoms with Gasteiger partial charge >= 0.3 is 5.97 Å². The molecule has 1 rings (SSSR count). The minimum absolute atomic E-state index is 0.0396. The number of carbonyl (C=O) groups excluding carboxylic acids is 1. The molecule has 0 aliphatic rings. The Kier molecular flexibility index (Phi) is 5.82. The van der Waals surface area contributed by atoms with Gasteiger partial charge in [-0.15, -0.1) is 0 Å². The monoisotopic (exact) mass is 287 g/mol. The molecule has 5 nitrogen and oxygen atoms in total. The molecule has 0 fully saturated rings. The van der Waals surface area contributed by atoms with Crippen LogP contribution in [0.3, 0.4) is 0 Å². The van der Waals surface area contributed by atoms with E-state index >= 15 is 0 Å². The topological polar surface area (TPSA) is 54.0 Å². The van der Waals surface area contributed by atoms with Gasteiger partial charge in [0.15, 0.2) is 11.5 Å². The molecule has 0 aromatic heterocycles. The van der Waals surface area contributed by atoms with E-state index in [4.69, 9.17) is 18.9 Å². The largest absolute Gasteiger partial charge is 0.493 e. The van der Waals surface area contributed by atoms with Crippen molar-refractivity contribution in [2.24, 2.45) is 0 Å². The van der Waals surface area contributed by atoms with Crippen LogP contribution in [-0.2, 0) is 15.6 Å². The molecule has 1 aromatic carbocycles. The molecule has 0 bridgehead atoms. The third kappa shape index (κ3) is 3.96. The van der Waals surface area contributed by atoms with E-state index in [-0.39, 0.29) is 10.9 Å². The van der Waals surface area contributed by atoms with Gasteiger partial charge in [0, 0.05) is 10.9 Å². The van der Waals surface area contributed by atoms with Crippen molar-refractivity contribution in [2.45, 2.75) is 0 Å². The molecule has 0 heterocycles. The number of methoxy groups -OCH3 is 3. The average molecular weight is 287 g/mol. The molecule has 6 heteroatoms. The second-order valence-corrected chi connectivity index (χ2v) is 6.16. The molecular formula is C13H19O5S+. The molecule has 0 saturated heterocycles. The lowest BCUT2D eigenvalue weighted by atomic mass is 10.2. The molecule has 0 N–H and O–H groups in total. The Morgan fingerprint density at radius 3 is 1.95 bits per heavy atom. The molecule has 0 unspecified atom stereocenters. The predicted molar refractivity (Wildman–Crippen MR) is 75.6 cm³/mol. The smallest absolute Gasteiger partial charge is 0.342 e. The Morgan fingerprint density at radius 1 is 1.05 bits per heavy atom. The number of hydrogen-bond acceptors (Lipinski definition) is 5. The highest BCUT2D eigenvalue weighted by atomic mass is 32.2. The quantitative estimate of drug-likeness (QED) is 0.589. The minimum Gasteiger partial charge on any atom is -0.493 e. The molecule has 1 aromatic rings. The van der Waals surface area contributed by atoms with Gasteiger partial charge in [0.2, 0.25) is 11.7 Å². The predicted octanol–water partition coefficient (Wildman–Crippen LogP) is 1.70. The number of ether oxygens (including phenoxy) is 4. The first-order valence-corrected chi connectivity index (χ1v) is 7.75. The first kappa shape index (κ1) is 15.5. The first-order chi connectivity index (χ1) is 9.03. The summed E-state index contributed by atoms with van der Waals surface area (Å²) in [5.74, 6) is 1.31. The lowest BCUT2D eigenvalue weighted by molar-refractivity contribution is 0.0576. The SMILES string of the molecule is COc1cc(C(=O)OC[S+](C)C)cc(OC)c1OC. The second-order valence-electron chi connectivity index (χ2n) is 3.95. The molecule has 19 heavy (non-hydrogen) atoms. The highest BCUT2D eigenvalue weighted by Crippen LogP contribution is 2.38. The van der Waals surface area contributed by atoms with Crippen molar-refractivity contribution < 1.29 is 23.7 Å². The van der Waals surface area contributed by atoms with Crippen LogP contribution in [0, 0.1) is 0 Å². The van der Waals surface area contributed by atoms with Crippen molar-refractivity contribution >= 4 is 16.9 Å². The van der Waals surface area contributed by atoms with Crippen LogP contribution in [0.4, 0.5) is 0 Å². The fourth-order valence-corrected chi connectivity index (χ4v) is 1.80. The summed E-state index contributed by atoms with van der Waals surface area (Å²) in [4.78, 5) is 11.9. The van der Waals surface area contributed by atoms with E-state index in [0.29, 0.717) is 28.8 Å². The van der Waals surface area contributed by atoms with Gasteiger partial charge in [-0.25, -0.2) is 4.79 Å². The highest BCUT2D eigenvalue weighted by molar-refractivity contribution is 7.95. The summed E-state index contributed by atoms with van der Waals surface area (Å²) in [7, 11) is 4.56. The van der Waals surface area contributed by atoms with Gasteiger partial charge < -0.3 is 18.9 Å². The maximum atomic E-state index is 11.9. The van der Waals surface area contributed by atoms with Gasteiger partial charge in [0.25, 0.3) is 0 Å². The molecule has 106 valence electrons. The number of rotatable bonds is 6. The van der Waals surface area contributed by atoms with E-state index < -0.39 is 5.97 Å². The Morgan fingerprint density at radius 2 is 1.58 bits per heavy atom. The van der Waals surface area contributed by atoms with Crippen molar-refractivity contribution in [1.82, 2.24) is 0 Å². The van der Waals surface area contributed by atoms with Crippen molar-refractivity contribution in [1.29, 1.82) is 0 Å². The maximum Gasteiger partial charge on any atom is 0.342 e. The summed E-state index contributed by atoms with van der Waals surface area (Å²) in [6, 6.07) is 3.15. The van der Waals surface area contributed by atoms with Crippen LogP contribution in [-0.4, -0.2) is 45.7 Å². The highest BCUT2D eigenvalue weighted by Gasteiger charge is 2.18. The zero-order chi connectivity index (χ0) is 14.4. The number of esters is 1. The molecule has 0 atom stereocenters. The van der Waals surface area contributed by atoms with E-state index in [1.54, 1.807) is 12.1 Å². The summed E-state index contributed by atoms with van der Waals surface area (Å²) in [6.45, 7) is 0. The Bertz CT molecular complexity index is 420. The molecule has 0 radical (unpaired) electrons. The van der Waals surface area contributed by atoms with Crippen LogP contribution in [0.5, 0.6) is 17.2 Å². The summed E-state index contributed by atoms with van der Waals surface area (Å²) in [5, 5.41) is 0. The summed E-state index contributed by atoms with van der Waals surface area (Å²) < 4.78 is 20.7. The van der Waals surface area contributed by atoms with Crippen LogP contribution in [0.25, 0.3) is 0 Å². The maximum absolute atomic E-state index is 11.9. The van der Waals surface area contributed by atoms with Crippen LogP contribution < -0.4 is 14.2 Å². The number of hydrogen-bond donors (Lipinski definition) is 0. The van der Waals surface area contributed by atoms with E-state index in [0.717, 1.165) is 0 Å². The number of carbonyl (C=O) groups is 1. The van der Waals surface area contributed by atoms with E-state index in [1.807, 2.05) is 12.5 Å². The van der Waals surface area contributed by atoms with E-state index in [1.165, 1.54) is 21.3 Å². The van der Waals surface area contributed by atoms with E-state index in [2.05, 4.69) is 0 Å². The standard InChI is InChI=1S/C13H19O5S/c1-15-10-6-9(13(14)18-8-19(4)5)7-11(16-2)12(10)17-3/h6-7H,8H2,1-5H3/q+1. The third-order valence-electron chi connectivity index (χ3n) is 2.33. The zero-order valence-corrected chi connectivity index (χ0v) is 12.6. The summed E-state index contributed by atoms with van der Waals surface area (Å²) in [6.07, 6.45) is 4.00. The van der Waals surface area contributed by atoms with Crippen LogP contribution >= 0.6 is 0 Å². The summed E-state index contributed by atoms with van der Waals surface area (Å²) in [5.41, 5.74) is 0.375. The van der Waals surface area contributed by atoms with Crippen molar-refractivity contribution in [2.75, 3.05) is 39.8 Å². The summed E-state index contributed by atoms with van der Waals surface area (Å²) >= 11 is 0. The van der Waals surface area contributed by atoms with Crippen LogP contribution in [0.1, 0.15) is 10.4 Å². The molecule has 0 amide bonds. The minimum atomic E-state index is -0.402. The molecule has 0 saturated carbocycles. The lowest BCUT2D eigenvalue weighted by Gasteiger charge is -2.13. The van der Waals surface area contributed by atoms with E-state index in [9.17, 15) is 4.79 Å². The Hall–Kier alpha value is -1.56. The van der Waals surface area contributed by atoms with Gasteiger partial charge in [-0.3, -0.25) is 0 Å². The van der Waals surface area contributed by atoms with Gasteiger partial charge in [0.05, 0.1) is 26.9 Å². The zero-order valence-electron chi connectivity index (χ0n) is 11.8. The van der Waals surface area contributed by atoms with Crippen molar-refractivity contribution in [3.8, 4) is 17.2 Å². The van der Waals surface area contributed by atoms with Gasteiger partial charge in [-0.2, -0.15) is 0 Å². The van der Waals surface area contributed by atoms with Crippen LogP contribution in [0.2, 0.25) is 0 Å². The lowest BCUT2D eigenvalue weighted by Crippen LogP contribution is -2.13.